The number of rotatable bonds is 12. The van der Waals surface area contributed by atoms with Gasteiger partial charge in [0.15, 0.2) is 5.13 Å². The predicted molar refractivity (Wildman–Crippen MR) is 163 cm³/mol. The van der Waals surface area contributed by atoms with Crippen LogP contribution in [0.5, 0.6) is 5.75 Å². The molecule has 40 heavy (non-hydrogen) atoms. The van der Waals surface area contributed by atoms with Crippen LogP contribution in [0.4, 0.5) is 10.8 Å². The van der Waals surface area contributed by atoms with E-state index in [1.54, 1.807) is 55.3 Å². The Hall–Kier alpha value is -3.47. The molecule has 10 heteroatoms. The number of aryl methyl sites for hydroxylation is 1. The van der Waals surface area contributed by atoms with E-state index in [-0.39, 0.29) is 17.3 Å². The van der Waals surface area contributed by atoms with Crippen LogP contribution in [-0.4, -0.2) is 64.0 Å². The quantitative estimate of drug-likeness (QED) is 0.210. The second kappa shape index (κ2) is 12.8. The molecule has 0 radical (unpaired) electrons. The Kier molecular flexibility index (Phi) is 9.44. The Balaban J connectivity index is 1.68. The maximum Gasteiger partial charge on any atom is 0.264 e. The lowest BCUT2D eigenvalue weighted by atomic mass is 10.2. The number of amides is 1. The Morgan fingerprint density at radius 3 is 2.17 bits per heavy atom. The first-order valence-corrected chi connectivity index (χ1v) is 15.7. The first kappa shape index (κ1) is 29.5. The summed E-state index contributed by atoms with van der Waals surface area (Å²) in [6.07, 6.45) is 0. The zero-order chi connectivity index (χ0) is 28.9. The molecule has 0 N–H and O–H groups in total. The zero-order valence-corrected chi connectivity index (χ0v) is 25.3. The van der Waals surface area contributed by atoms with Crippen molar-refractivity contribution in [1.82, 2.24) is 9.88 Å². The lowest BCUT2D eigenvalue weighted by molar-refractivity contribution is 0.0983. The first-order chi connectivity index (χ1) is 19.2. The fourth-order valence-electron chi connectivity index (χ4n) is 4.58. The molecule has 0 aliphatic carbocycles. The summed E-state index contributed by atoms with van der Waals surface area (Å²) in [5, 5.41) is 0.581. The molecule has 212 valence electrons. The molecule has 0 aliphatic rings. The Labute approximate surface area is 240 Å². The maximum absolute atomic E-state index is 13.9. The summed E-state index contributed by atoms with van der Waals surface area (Å²) in [4.78, 5) is 22.8. The van der Waals surface area contributed by atoms with Crippen LogP contribution in [0.1, 0.15) is 36.7 Å². The number of fused-ring (bicyclic) bond motifs is 1. The molecule has 0 spiro atoms. The molecule has 0 atom stereocenters. The molecule has 0 saturated heterocycles. The van der Waals surface area contributed by atoms with E-state index in [1.165, 1.54) is 27.8 Å². The third kappa shape index (κ3) is 5.99. The number of carbonyl (C=O) groups excluding carboxylic acids is 1. The van der Waals surface area contributed by atoms with Gasteiger partial charge in [-0.15, -0.1) is 0 Å². The van der Waals surface area contributed by atoms with Gasteiger partial charge in [0, 0.05) is 25.2 Å². The number of aromatic nitrogens is 1. The minimum atomic E-state index is -3.80. The second-order valence-corrected chi connectivity index (χ2v) is 12.1. The molecule has 0 bridgehead atoms. The summed E-state index contributed by atoms with van der Waals surface area (Å²) in [6.45, 7) is 11.1. The molecule has 4 aromatic rings. The van der Waals surface area contributed by atoms with Crippen molar-refractivity contribution in [3.05, 3.63) is 77.9 Å². The predicted octanol–water partition coefficient (Wildman–Crippen LogP) is 5.82. The highest BCUT2D eigenvalue weighted by Crippen LogP contribution is 2.37. The minimum absolute atomic E-state index is 0.129. The monoisotopic (exact) mass is 580 g/mol. The summed E-state index contributed by atoms with van der Waals surface area (Å²) in [6, 6.07) is 19.0. The van der Waals surface area contributed by atoms with E-state index in [0.717, 1.165) is 28.9 Å². The number of benzene rings is 3. The van der Waals surface area contributed by atoms with Crippen LogP contribution < -0.4 is 13.9 Å². The zero-order valence-electron chi connectivity index (χ0n) is 23.6. The number of hydrogen-bond donors (Lipinski definition) is 0. The Morgan fingerprint density at radius 1 is 0.900 bits per heavy atom. The fourth-order valence-corrected chi connectivity index (χ4v) is 7.13. The smallest absolute Gasteiger partial charge is 0.264 e. The fraction of sp³-hybridized carbons (Fsp3) is 0.333. The summed E-state index contributed by atoms with van der Waals surface area (Å²) in [7, 11) is -2.19. The number of carbonyl (C=O) groups is 1. The van der Waals surface area contributed by atoms with Crippen molar-refractivity contribution in [2.24, 2.45) is 0 Å². The van der Waals surface area contributed by atoms with Crippen LogP contribution in [0.2, 0.25) is 0 Å². The minimum Gasteiger partial charge on any atom is -0.494 e. The van der Waals surface area contributed by atoms with Crippen molar-refractivity contribution >= 4 is 48.3 Å². The second-order valence-electron chi connectivity index (χ2n) is 9.27. The summed E-state index contributed by atoms with van der Waals surface area (Å²) in [5.74, 6) is 0.426. The number of sulfonamides is 1. The molecule has 0 unspecified atom stereocenters. The highest BCUT2D eigenvalue weighted by atomic mass is 32.2. The van der Waals surface area contributed by atoms with Crippen molar-refractivity contribution < 1.29 is 17.9 Å². The van der Waals surface area contributed by atoms with Crippen molar-refractivity contribution in [2.75, 3.05) is 49.0 Å². The van der Waals surface area contributed by atoms with Gasteiger partial charge in [0.2, 0.25) is 0 Å². The van der Waals surface area contributed by atoms with Crippen LogP contribution in [0, 0.1) is 6.92 Å². The summed E-state index contributed by atoms with van der Waals surface area (Å²) in [5.41, 5.74) is 2.77. The number of para-hydroxylation sites is 1. The van der Waals surface area contributed by atoms with Gasteiger partial charge in [0.25, 0.3) is 15.9 Å². The highest BCUT2D eigenvalue weighted by molar-refractivity contribution is 7.92. The average molecular weight is 581 g/mol. The molecule has 1 amide bonds. The van der Waals surface area contributed by atoms with Gasteiger partial charge < -0.3 is 9.64 Å². The molecule has 8 nitrogen and oxygen atoms in total. The standard InChI is InChI=1S/C30H36N4O4S2/c1-6-32(7-2)20-21-33(30-31-27-26(38-5)19-14-22(4)28(27)39-30)29(35)23-15-17-25(18-16-23)40(36,37)34(8-3)24-12-10-9-11-13-24/h9-19H,6-8,20-21H2,1-5H3. The van der Waals surface area contributed by atoms with Gasteiger partial charge in [-0.3, -0.25) is 14.0 Å². The van der Waals surface area contributed by atoms with Gasteiger partial charge in [-0.05, 0) is 75.0 Å². The molecule has 0 fully saturated rings. The SMILES string of the molecule is CCN(CC)CCN(C(=O)c1ccc(S(=O)(=O)N(CC)c2ccccc2)cc1)c1nc2c(OC)ccc(C)c2s1. The summed E-state index contributed by atoms with van der Waals surface area (Å²) >= 11 is 1.46. The number of thiazole rings is 1. The lowest BCUT2D eigenvalue weighted by Gasteiger charge is -2.25. The van der Waals surface area contributed by atoms with Crippen molar-refractivity contribution in [2.45, 2.75) is 32.6 Å². The van der Waals surface area contributed by atoms with Crippen LogP contribution >= 0.6 is 11.3 Å². The van der Waals surface area contributed by atoms with Gasteiger partial charge in [0.1, 0.15) is 11.3 Å². The van der Waals surface area contributed by atoms with Crippen molar-refractivity contribution in [1.29, 1.82) is 0 Å². The van der Waals surface area contributed by atoms with Gasteiger partial charge in [-0.1, -0.05) is 49.4 Å². The maximum atomic E-state index is 13.9. The number of anilines is 2. The van der Waals surface area contributed by atoms with Crippen LogP contribution in [0.25, 0.3) is 10.2 Å². The van der Waals surface area contributed by atoms with Crippen molar-refractivity contribution in [3.63, 3.8) is 0 Å². The average Bonchev–Trinajstić information content (AvgIpc) is 3.42. The van der Waals surface area contributed by atoms with E-state index in [4.69, 9.17) is 9.72 Å². The molecule has 4 rings (SSSR count). The van der Waals surface area contributed by atoms with Crippen molar-refractivity contribution in [3.8, 4) is 5.75 Å². The number of nitrogens with zero attached hydrogens (tertiary/aromatic N) is 4. The number of methoxy groups -OCH3 is 1. The lowest BCUT2D eigenvalue weighted by Crippen LogP contribution is -2.39. The number of likely N-dealkylation sites (N-methyl/N-ethyl adjacent to an activating group) is 1. The topological polar surface area (TPSA) is 83.1 Å². The summed E-state index contributed by atoms with van der Waals surface area (Å²) < 4.78 is 34.7. The molecule has 0 aliphatic heterocycles. The van der Waals surface area contributed by atoms with Gasteiger partial charge >= 0.3 is 0 Å². The van der Waals surface area contributed by atoms with E-state index >= 15 is 0 Å². The van der Waals surface area contributed by atoms with Gasteiger partial charge in [0.05, 0.1) is 22.4 Å². The first-order valence-electron chi connectivity index (χ1n) is 13.4. The van der Waals surface area contributed by atoms with E-state index in [1.807, 2.05) is 25.1 Å². The normalized spacial score (nSPS) is 11.7. The highest BCUT2D eigenvalue weighted by Gasteiger charge is 2.26. The number of ether oxygens (including phenoxy) is 1. The van der Waals surface area contributed by atoms with Gasteiger partial charge in [-0.2, -0.15) is 0 Å². The van der Waals surface area contributed by atoms with E-state index in [0.29, 0.717) is 35.2 Å². The Bertz CT molecular complexity index is 1550. The van der Waals surface area contributed by atoms with E-state index < -0.39 is 10.0 Å². The van der Waals surface area contributed by atoms with E-state index in [9.17, 15) is 13.2 Å². The van der Waals surface area contributed by atoms with E-state index in [2.05, 4.69) is 18.7 Å². The molecular formula is C30H36N4O4S2. The third-order valence-corrected chi connectivity index (χ3v) is 10.1. The van der Waals surface area contributed by atoms with Crippen LogP contribution in [0.3, 0.4) is 0 Å². The van der Waals surface area contributed by atoms with Crippen LogP contribution in [-0.2, 0) is 10.0 Å². The molecular weight excluding hydrogens is 544 g/mol. The molecule has 3 aromatic carbocycles. The number of hydrogen-bond acceptors (Lipinski definition) is 7. The Morgan fingerprint density at radius 2 is 1.57 bits per heavy atom. The molecule has 1 aromatic heterocycles. The molecule has 1 heterocycles. The largest absolute Gasteiger partial charge is 0.494 e. The third-order valence-electron chi connectivity index (χ3n) is 6.94. The van der Waals surface area contributed by atoms with Gasteiger partial charge in [-0.25, -0.2) is 13.4 Å². The molecule has 0 saturated carbocycles. The van der Waals surface area contributed by atoms with Crippen LogP contribution in [0.15, 0.2) is 71.6 Å².